The number of benzene rings is 1. The summed E-state index contributed by atoms with van der Waals surface area (Å²) in [7, 11) is 0. The second-order valence-electron chi connectivity index (χ2n) is 3.14. The van der Waals surface area contributed by atoms with Crippen LogP contribution >= 0.6 is 31.9 Å². The van der Waals surface area contributed by atoms with Gasteiger partial charge in [0, 0.05) is 13.2 Å². The molecule has 0 heterocycles. The van der Waals surface area contributed by atoms with Gasteiger partial charge in [0.2, 0.25) is 0 Å². The predicted molar refractivity (Wildman–Crippen MR) is 71.7 cm³/mol. The lowest BCUT2D eigenvalue weighted by Crippen LogP contribution is -2.07. The average molecular weight is 353 g/mol. The second kappa shape index (κ2) is 7.27. The summed E-state index contributed by atoms with van der Waals surface area (Å²) in [6.07, 6.45) is 0. The van der Waals surface area contributed by atoms with Crippen LogP contribution in [0.4, 0.5) is 0 Å². The predicted octanol–water partition coefficient (Wildman–Crippen LogP) is 3.09. The van der Waals surface area contributed by atoms with E-state index in [1.165, 1.54) is 0 Å². The quantitative estimate of drug-likeness (QED) is 0.800. The molecule has 0 spiro atoms. The largest absolute Gasteiger partial charge is 0.489 e. The van der Waals surface area contributed by atoms with Crippen molar-refractivity contribution in [2.45, 2.75) is 13.5 Å². The van der Waals surface area contributed by atoms with Crippen LogP contribution in [0.15, 0.2) is 21.1 Å². The van der Waals surface area contributed by atoms with Crippen LogP contribution in [0.5, 0.6) is 5.75 Å². The topological polar surface area (TPSA) is 44.5 Å². The van der Waals surface area contributed by atoms with Crippen molar-refractivity contribution in [3.8, 4) is 5.75 Å². The molecule has 0 aliphatic heterocycles. The van der Waals surface area contributed by atoms with E-state index in [0.29, 0.717) is 26.4 Å². The van der Waals surface area contributed by atoms with E-state index in [0.717, 1.165) is 20.3 Å². The Balaban J connectivity index is 2.65. The number of hydrogen-bond donors (Lipinski definition) is 1. The fraction of sp³-hybridized carbons (Fsp3) is 0.455. The van der Waals surface area contributed by atoms with Gasteiger partial charge >= 0.3 is 0 Å². The monoisotopic (exact) mass is 351 g/mol. The van der Waals surface area contributed by atoms with Gasteiger partial charge in [-0.25, -0.2) is 0 Å². The van der Waals surface area contributed by atoms with E-state index in [1.807, 2.05) is 19.1 Å². The molecule has 2 N–H and O–H groups in total. The lowest BCUT2D eigenvalue weighted by atomic mass is 10.2. The summed E-state index contributed by atoms with van der Waals surface area (Å²) in [5.74, 6) is 0.789. The third-order valence-corrected chi connectivity index (χ3v) is 3.15. The first kappa shape index (κ1) is 14.0. The zero-order chi connectivity index (χ0) is 12.0. The van der Waals surface area contributed by atoms with Gasteiger partial charge in [-0.2, -0.15) is 0 Å². The highest BCUT2D eigenvalue weighted by molar-refractivity contribution is 9.11. The van der Waals surface area contributed by atoms with E-state index in [9.17, 15) is 0 Å². The molecule has 1 rings (SSSR count). The zero-order valence-electron chi connectivity index (χ0n) is 9.13. The van der Waals surface area contributed by atoms with Crippen LogP contribution < -0.4 is 10.5 Å². The Hall–Kier alpha value is -0.100. The Morgan fingerprint density at radius 1 is 1.19 bits per heavy atom. The molecule has 0 aliphatic rings. The van der Waals surface area contributed by atoms with Crippen LogP contribution in [-0.4, -0.2) is 19.8 Å². The van der Waals surface area contributed by atoms with Crippen LogP contribution in [-0.2, 0) is 11.3 Å². The van der Waals surface area contributed by atoms with Gasteiger partial charge in [-0.1, -0.05) is 0 Å². The molecule has 0 atom stereocenters. The second-order valence-corrected chi connectivity index (χ2v) is 4.85. The summed E-state index contributed by atoms with van der Waals surface area (Å²) in [6, 6.07) is 3.92. The first-order valence-corrected chi connectivity index (χ1v) is 6.66. The van der Waals surface area contributed by atoms with E-state index in [4.69, 9.17) is 15.2 Å². The summed E-state index contributed by atoms with van der Waals surface area (Å²) >= 11 is 6.91. The molecule has 0 saturated heterocycles. The molecule has 0 radical (unpaired) electrons. The molecule has 0 aromatic heterocycles. The standard InChI is InChI=1S/C11H15Br2NO2/c1-2-15-3-4-16-11-9(12)5-8(7-14)6-10(11)13/h5-6H,2-4,7,14H2,1H3. The van der Waals surface area contributed by atoms with Crippen molar-refractivity contribution in [1.29, 1.82) is 0 Å². The molecular formula is C11H15Br2NO2. The highest BCUT2D eigenvalue weighted by Gasteiger charge is 2.08. The molecule has 16 heavy (non-hydrogen) atoms. The van der Waals surface area contributed by atoms with Crippen molar-refractivity contribution >= 4 is 31.9 Å². The van der Waals surface area contributed by atoms with E-state index in [-0.39, 0.29) is 0 Å². The van der Waals surface area contributed by atoms with Gasteiger partial charge in [-0.3, -0.25) is 0 Å². The Morgan fingerprint density at radius 2 is 1.81 bits per heavy atom. The van der Waals surface area contributed by atoms with Crippen molar-refractivity contribution in [2.75, 3.05) is 19.8 Å². The summed E-state index contributed by atoms with van der Waals surface area (Å²) in [4.78, 5) is 0. The molecule has 90 valence electrons. The maximum absolute atomic E-state index is 5.61. The third-order valence-electron chi connectivity index (χ3n) is 1.97. The van der Waals surface area contributed by atoms with Gasteiger partial charge in [0.05, 0.1) is 15.6 Å². The molecule has 1 aromatic carbocycles. The summed E-state index contributed by atoms with van der Waals surface area (Å²) in [6.45, 7) is 4.30. The third kappa shape index (κ3) is 4.05. The molecule has 1 aromatic rings. The molecule has 0 bridgehead atoms. The SMILES string of the molecule is CCOCCOc1c(Br)cc(CN)cc1Br. The minimum absolute atomic E-state index is 0.510. The van der Waals surface area contributed by atoms with E-state index in [1.54, 1.807) is 0 Å². The van der Waals surface area contributed by atoms with Gasteiger partial charge in [0.1, 0.15) is 12.4 Å². The maximum Gasteiger partial charge on any atom is 0.147 e. The maximum atomic E-state index is 5.61. The number of ether oxygens (including phenoxy) is 2. The minimum atomic E-state index is 0.510. The highest BCUT2D eigenvalue weighted by Crippen LogP contribution is 2.34. The molecule has 0 unspecified atom stereocenters. The summed E-state index contributed by atoms with van der Waals surface area (Å²) < 4.78 is 12.6. The molecule has 5 heteroatoms. The van der Waals surface area contributed by atoms with Crippen molar-refractivity contribution in [2.24, 2.45) is 5.73 Å². The van der Waals surface area contributed by atoms with Gasteiger partial charge in [0.25, 0.3) is 0 Å². The smallest absolute Gasteiger partial charge is 0.147 e. The Labute approximate surface area is 113 Å². The molecule has 3 nitrogen and oxygen atoms in total. The average Bonchev–Trinajstić information content (AvgIpc) is 2.26. The molecule has 0 saturated carbocycles. The van der Waals surface area contributed by atoms with Crippen LogP contribution in [0.25, 0.3) is 0 Å². The number of halogens is 2. The van der Waals surface area contributed by atoms with Crippen LogP contribution in [0, 0.1) is 0 Å². The van der Waals surface area contributed by atoms with E-state index < -0.39 is 0 Å². The van der Waals surface area contributed by atoms with Crippen LogP contribution in [0.2, 0.25) is 0 Å². The Morgan fingerprint density at radius 3 is 2.31 bits per heavy atom. The fourth-order valence-corrected chi connectivity index (χ4v) is 2.73. The molecule has 0 aliphatic carbocycles. The zero-order valence-corrected chi connectivity index (χ0v) is 12.3. The summed E-state index contributed by atoms with van der Waals surface area (Å²) in [5, 5.41) is 0. The van der Waals surface area contributed by atoms with Crippen molar-refractivity contribution < 1.29 is 9.47 Å². The first-order valence-electron chi connectivity index (χ1n) is 5.07. The van der Waals surface area contributed by atoms with E-state index >= 15 is 0 Å². The normalized spacial score (nSPS) is 10.5. The fourth-order valence-electron chi connectivity index (χ4n) is 1.22. The van der Waals surface area contributed by atoms with Crippen molar-refractivity contribution in [3.05, 3.63) is 26.6 Å². The first-order chi connectivity index (χ1) is 7.69. The van der Waals surface area contributed by atoms with Crippen LogP contribution in [0.3, 0.4) is 0 Å². The Kier molecular flexibility index (Phi) is 6.34. The number of nitrogens with two attached hydrogens (primary N) is 1. The lowest BCUT2D eigenvalue weighted by molar-refractivity contribution is 0.109. The molecular weight excluding hydrogens is 338 g/mol. The molecule has 0 amide bonds. The number of rotatable bonds is 6. The van der Waals surface area contributed by atoms with Crippen molar-refractivity contribution in [1.82, 2.24) is 0 Å². The van der Waals surface area contributed by atoms with Gasteiger partial charge in [-0.05, 0) is 56.5 Å². The van der Waals surface area contributed by atoms with Gasteiger partial charge < -0.3 is 15.2 Å². The van der Waals surface area contributed by atoms with Gasteiger partial charge in [-0.15, -0.1) is 0 Å². The number of hydrogen-bond acceptors (Lipinski definition) is 3. The van der Waals surface area contributed by atoms with Crippen LogP contribution in [0.1, 0.15) is 12.5 Å². The molecule has 0 fully saturated rings. The minimum Gasteiger partial charge on any atom is -0.489 e. The Bertz CT molecular complexity index is 322. The summed E-state index contributed by atoms with van der Waals surface area (Å²) in [5.41, 5.74) is 6.63. The van der Waals surface area contributed by atoms with E-state index in [2.05, 4.69) is 31.9 Å². The lowest BCUT2D eigenvalue weighted by Gasteiger charge is -2.11. The highest BCUT2D eigenvalue weighted by atomic mass is 79.9. The van der Waals surface area contributed by atoms with Crippen molar-refractivity contribution in [3.63, 3.8) is 0 Å². The van der Waals surface area contributed by atoms with Gasteiger partial charge in [0.15, 0.2) is 0 Å².